The van der Waals surface area contributed by atoms with Crippen molar-refractivity contribution in [2.45, 2.75) is 39.4 Å². The predicted molar refractivity (Wildman–Crippen MR) is 78.5 cm³/mol. The zero-order valence-corrected chi connectivity index (χ0v) is 13.0. The minimum atomic E-state index is -0.720. The molecule has 2 heterocycles. The minimum absolute atomic E-state index is 0.237. The second kappa shape index (κ2) is 5.54. The second-order valence-corrected chi connectivity index (χ2v) is 6.80. The van der Waals surface area contributed by atoms with Gasteiger partial charge in [-0.25, -0.2) is 9.78 Å². The quantitative estimate of drug-likeness (QED) is 0.865. The van der Waals surface area contributed by atoms with E-state index < -0.39 is 17.8 Å². The molecule has 0 aliphatic carbocycles. The van der Waals surface area contributed by atoms with Gasteiger partial charge < -0.3 is 14.7 Å². The van der Waals surface area contributed by atoms with Crippen LogP contribution in [0, 0.1) is 0 Å². The smallest absolute Gasteiger partial charge is 0.410 e. The summed E-state index contributed by atoms with van der Waals surface area (Å²) in [5, 5.41) is 13.0. The van der Waals surface area contributed by atoms with Gasteiger partial charge in [-0.05, 0) is 33.3 Å². The molecule has 2 rings (SSSR count). The van der Waals surface area contributed by atoms with Gasteiger partial charge in [-0.2, -0.15) is 0 Å². The van der Waals surface area contributed by atoms with Crippen LogP contribution in [0.3, 0.4) is 0 Å². The first kappa shape index (κ1) is 15.0. The molecule has 6 heteroatoms. The fourth-order valence-corrected chi connectivity index (χ4v) is 2.98. The van der Waals surface area contributed by atoms with Gasteiger partial charge in [-0.1, -0.05) is 0 Å². The number of nitrogens with zero attached hydrogens (tertiary/aromatic N) is 2. The molecule has 1 unspecified atom stereocenters. The van der Waals surface area contributed by atoms with Crippen molar-refractivity contribution >= 4 is 23.0 Å². The number of thiazole rings is 1. The standard InChI is InChI=1S/C14H20N2O3S/c1-9-7-16(13(18)19-14(2,3)4)8-10(17)11(9)12-15-5-6-20-12/h5-6,10,17H,7-8H2,1-4H3. The van der Waals surface area contributed by atoms with E-state index in [0.717, 1.165) is 16.2 Å². The number of carbonyl (C=O) groups excluding carboxylic acids is 1. The number of hydrogen-bond donors (Lipinski definition) is 1. The van der Waals surface area contributed by atoms with Crippen LogP contribution >= 0.6 is 11.3 Å². The number of aliphatic hydroxyl groups excluding tert-OH is 1. The van der Waals surface area contributed by atoms with E-state index in [1.54, 1.807) is 6.20 Å². The summed E-state index contributed by atoms with van der Waals surface area (Å²) in [6.45, 7) is 8.09. The summed E-state index contributed by atoms with van der Waals surface area (Å²) in [5.41, 5.74) is 1.25. The molecule has 1 aromatic heterocycles. The van der Waals surface area contributed by atoms with Crippen LogP contribution in [0.1, 0.15) is 32.7 Å². The van der Waals surface area contributed by atoms with Gasteiger partial charge in [-0.3, -0.25) is 0 Å². The first-order chi connectivity index (χ1) is 9.28. The Morgan fingerprint density at radius 2 is 2.25 bits per heavy atom. The van der Waals surface area contributed by atoms with Gasteiger partial charge in [0.05, 0.1) is 12.6 Å². The van der Waals surface area contributed by atoms with E-state index >= 15 is 0 Å². The molecule has 1 aliphatic heterocycles. The Morgan fingerprint density at radius 1 is 1.55 bits per heavy atom. The van der Waals surface area contributed by atoms with E-state index in [0.29, 0.717) is 6.54 Å². The molecule has 5 nitrogen and oxygen atoms in total. The molecule has 0 fully saturated rings. The fraction of sp³-hybridized carbons (Fsp3) is 0.571. The summed E-state index contributed by atoms with van der Waals surface area (Å²) in [5.74, 6) is 0. The van der Waals surface area contributed by atoms with Crippen molar-refractivity contribution in [1.29, 1.82) is 0 Å². The minimum Gasteiger partial charge on any atom is -0.444 e. The zero-order chi connectivity index (χ0) is 14.9. The van der Waals surface area contributed by atoms with Crippen LogP contribution in [-0.4, -0.2) is 45.9 Å². The Labute approximate surface area is 122 Å². The van der Waals surface area contributed by atoms with Crippen LogP contribution in [0.25, 0.3) is 5.57 Å². The number of amides is 1. The average Bonchev–Trinajstić information content (AvgIpc) is 2.79. The summed E-state index contributed by atoms with van der Waals surface area (Å²) >= 11 is 1.49. The van der Waals surface area contributed by atoms with Crippen LogP contribution in [0.2, 0.25) is 0 Å². The van der Waals surface area contributed by atoms with E-state index in [1.165, 1.54) is 16.2 Å². The number of rotatable bonds is 1. The first-order valence-corrected chi connectivity index (χ1v) is 7.41. The number of ether oxygens (including phenoxy) is 1. The van der Waals surface area contributed by atoms with Gasteiger partial charge in [0, 0.05) is 23.7 Å². The fourth-order valence-electron chi connectivity index (χ4n) is 2.17. The number of hydrogen-bond acceptors (Lipinski definition) is 5. The van der Waals surface area contributed by atoms with E-state index in [2.05, 4.69) is 4.98 Å². The first-order valence-electron chi connectivity index (χ1n) is 6.53. The largest absolute Gasteiger partial charge is 0.444 e. The lowest BCUT2D eigenvalue weighted by molar-refractivity contribution is 0.0190. The molecular formula is C14H20N2O3S. The lowest BCUT2D eigenvalue weighted by Crippen LogP contribution is -2.45. The topological polar surface area (TPSA) is 62.7 Å². The molecule has 20 heavy (non-hydrogen) atoms. The highest BCUT2D eigenvalue weighted by Gasteiger charge is 2.31. The van der Waals surface area contributed by atoms with E-state index in [1.807, 2.05) is 33.1 Å². The maximum atomic E-state index is 12.1. The second-order valence-electron chi connectivity index (χ2n) is 5.91. The molecule has 1 aliphatic rings. The third-order valence-electron chi connectivity index (χ3n) is 2.93. The van der Waals surface area contributed by atoms with Gasteiger partial charge in [-0.15, -0.1) is 11.3 Å². The maximum absolute atomic E-state index is 12.1. The van der Waals surface area contributed by atoms with Crippen LogP contribution in [-0.2, 0) is 4.74 Å². The summed E-state index contributed by atoms with van der Waals surface area (Å²) in [6.07, 6.45) is 0.601. The third kappa shape index (κ3) is 3.37. The van der Waals surface area contributed by atoms with Gasteiger partial charge in [0.1, 0.15) is 10.6 Å². The summed E-state index contributed by atoms with van der Waals surface area (Å²) < 4.78 is 5.34. The molecule has 1 amide bonds. The van der Waals surface area contributed by atoms with Crippen LogP contribution < -0.4 is 0 Å². The molecule has 1 N–H and O–H groups in total. The van der Waals surface area contributed by atoms with Crippen molar-refractivity contribution in [3.05, 3.63) is 22.2 Å². The van der Waals surface area contributed by atoms with Crippen molar-refractivity contribution in [3.8, 4) is 0 Å². The van der Waals surface area contributed by atoms with Gasteiger partial charge in [0.25, 0.3) is 0 Å². The lowest BCUT2D eigenvalue weighted by atomic mass is 9.99. The van der Waals surface area contributed by atoms with Crippen molar-refractivity contribution in [1.82, 2.24) is 9.88 Å². The van der Waals surface area contributed by atoms with Crippen molar-refractivity contribution < 1.29 is 14.6 Å². The molecule has 0 saturated carbocycles. The van der Waals surface area contributed by atoms with Crippen molar-refractivity contribution in [2.75, 3.05) is 13.1 Å². The third-order valence-corrected chi connectivity index (χ3v) is 3.74. The van der Waals surface area contributed by atoms with E-state index in [9.17, 15) is 9.90 Å². The molecule has 0 saturated heterocycles. The summed E-state index contributed by atoms with van der Waals surface area (Å²) in [4.78, 5) is 17.8. The monoisotopic (exact) mass is 296 g/mol. The molecule has 0 aromatic carbocycles. The summed E-state index contributed by atoms with van der Waals surface area (Å²) in [6, 6.07) is 0. The van der Waals surface area contributed by atoms with E-state index in [-0.39, 0.29) is 6.54 Å². The molecule has 1 atom stereocenters. The number of β-amino-alcohol motifs (C(OH)–C–C–N with tert-alkyl or cyclic N) is 1. The molecular weight excluding hydrogens is 276 g/mol. The molecule has 1 aromatic rings. The predicted octanol–water partition coefficient (Wildman–Crippen LogP) is 2.53. The lowest BCUT2D eigenvalue weighted by Gasteiger charge is -2.33. The van der Waals surface area contributed by atoms with Gasteiger partial charge in [0.15, 0.2) is 0 Å². The Balaban J connectivity index is 2.16. The van der Waals surface area contributed by atoms with Gasteiger partial charge in [0.2, 0.25) is 0 Å². The number of aliphatic hydroxyl groups is 1. The van der Waals surface area contributed by atoms with Crippen LogP contribution in [0.4, 0.5) is 4.79 Å². The van der Waals surface area contributed by atoms with E-state index in [4.69, 9.17) is 4.74 Å². The average molecular weight is 296 g/mol. The van der Waals surface area contributed by atoms with Crippen LogP contribution in [0.5, 0.6) is 0 Å². The normalized spacial score (nSPS) is 20.2. The van der Waals surface area contributed by atoms with Crippen LogP contribution in [0.15, 0.2) is 17.2 Å². The Bertz CT molecular complexity index is 517. The molecule has 0 radical (unpaired) electrons. The Morgan fingerprint density at radius 3 is 2.75 bits per heavy atom. The zero-order valence-electron chi connectivity index (χ0n) is 12.2. The Kier molecular flexibility index (Phi) is 4.15. The number of aromatic nitrogens is 1. The maximum Gasteiger partial charge on any atom is 0.410 e. The SMILES string of the molecule is CC1=C(c2nccs2)C(O)CN(C(=O)OC(C)(C)C)C1. The Hall–Kier alpha value is -1.40. The van der Waals surface area contributed by atoms with Gasteiger partial charge >= 0.3 is 6.09 Å². The van der Waals surface area contributed by atoms with Crippen molar-refractivity contribution in [2.24, 2.45) is 0 Å². The van der Waals surface area contributed by atoms with Crippen molar-refractivity contribution in [3.63, 3.8) is 0 Å². The molecule has 110 valence electrons. The number of carbonyl (C=O) groups is 1. The molecule has 0 spiro atoms. The highest BCUT2D eigenvalue weighted by molar-refractivity contribution is 7.10. The highest BCUT2D eigenvalue weighted by Crippen LogP contribution is 2.29. The highest BCUT2D eigenvalue weighted by atomic mass is 32.1. The molecule has 0 bridgehead atoms. The summed E-state index contributed by atoms with van der Waals surface area (Å²) in [7, 11) is 0.